The minimum atomic E-state index is -0.315. The van der Waals surface area contributed by atoms with Crippen LogP contribution in [0.5, 0.6) is 0 Å². The van der Waals surface area contributed by atoms with E-state index < -0.39 is 0 Å². The van der Waals surface area contributed by atoms with Crippen molar-refractivity contribution >= 4 is 40.7 Å². The van der Waals surface area contributed by atoms with E-state index in [1.165, 1.54) is 0 Å². The van der Waals surface area contributed by atoms with E-state index >= 15 is 0 Å². The van der Waals surface area contributed by atoms with Crippen molar-refractivity contribution < 1.29 is 9.59 Å². The van der Waals surface area contributed by atoms with Gasteiger partial charge in [-0.3, -0.25) is 9.59 Å². The van der Waals surface area contributed by atoms with Crippen LogP contribution in [0.15, 0.2) is 36.4 Å². The number of nitrogens with one attached hydrogen (secondary N) is 2. The molecule has 0 unspecified atom stereocenters. The molecule has 0 aliphatic heterocycles. The van der Waals surface area contributed by atoms with Gasteiger partial charge in [0.1, 0.15) is 0 Å². The number of amides is 2. The quantitative estimate of drug-likeness (QED) is 0.773. The average molecular weight is 379 g/mol. The lowest BCUT2D eigenvalue weighted by atomic mass is 10.1. The number of hydrogen-bond donors (Lipinski definition) is 2. The molecule has 0 heterocycles. The van der Waals surface area contributed by atoms with E-state index in [0.29, 0.717) is 39.3 Å². The maximum atomic E-state index is 12.4. The van der Waals surface area contributed by atoms with Crippen molar-refractivity contribution in [3.05, 3.63) is 63.1 Å². The van der Waals surface area contributed by atoms with Crippen LogP contribution < -0.4 is 10.6 Å². The molecule has 0 aromatic heterocycles. The predicted octanol–water partition coefficient (Wildman–Crippen LogP) is 4.94. The molecule has 0 aliphatic carbocycles. The van der Waals surface area contributed by atoms with Crippen LogP contribution >= 0.6 is 23.2 Å². The summed E-state index contributed by atoms with van der Waals surface area (Å²) >= 11 is 11.9. The molecule has 0 saturated carbocycles. The molecule has 25 heavy (non-hydrogen) atoms. The second-order valence-electron chi connectivity index (χ2n) is 6.25. The van der Waals surface area contributed by atoms with Crippen molar-refractivity contribution in [3.63, 3.8) is 0 Å². The van der Waals surface area contributed by atoms with Crippen molar-refractivity contribution in [2.75, 3.05) is 11.9 Å². The summed E-state index contributed by atoms with van der Waals surface area (Å²) in [4.78, 5) is 24.5. The molecule has 2 N–H and O–H groups in total. The molecular weight excluding hydrogens is 359 g/mol. The van der Waals surface area contributed by atoms with Gasteiger partial charge >= 0.3 is 0 Å². The van der Waals surface area contributed by atoms with E-state index in [4.69, 9.17) is 23.2 Å². The predicted molar refractivity (Wildman–Crippen MR) is 103 cm³/mol. The Morgan fingerprint density at radius 1 is 0.960 bits per heavy atom. The highest BCUT2D eigenvalue weighted by atomic mass is 35.5. The third-order valence-corrected chi connectivity index (χ3v) is 3.97. The van der Waals surface area contributed by atoms with Crippen molar-refractivity contribution in [1.82, 2.24) is 5.32 Å². The zero-order valence-electron chi connectivity index (χ0n) is 14.3. The molecule has 2 rings (SSSR count). The van der Waals surface area contributed by atoms with E-state index in [1.807, 2.05) is 20.8 Å². The molecule has 4 nitrogen and oxygen atoms in total. The highest BCUT2D eigenvalue weighted by Gasteiger charge is 2.12. The van der Waals surface area contributed by atoms with Crippen LogP contribution in [0.2, 0.25) is 10.0 Å². The summed E-state index contributed by atoms with van der Waals surface area (Å²) in [6.07, 6.45) is 0. The summed E-state index contributed by atoms with van der Waals surface area (Å²) in [5, 5.41) is 6.47. The fraction of sp³-hybridized carbons (Fsp3) is 0.263. The standard InChI is InChI=1S/C19H20Cl2N2O2/c1-11(2)10-22-18(24)13-4-5-17(12(3)6-13)23-19(25)14-7-15(20)9-16(21)8-14/h4-9,11H,10H2,1-3H3,(H,22,24)(H,23,25). The van der Waals surface area contributed by atoms with Crippen LogP contribution in [0.4, 0.5) is 5.69 Å². The SMILES string of the molecule is Cc1cc(C(=O)NCC(C)C)ccc1NC(=O)c1cc(Cl)cc(Cl)c1. The van der Waals surface area contributed by atoms with Gasteiger partial charge in [-0.2, -0.15) is 0 Å². The van der Waals surface area contributed by atoms with E-state index in [9.17, 15) is 9.59 Å². The first-order valence-electron chi connectivity index (χ1n) is 7.92. The summed E-state index contributed by atoms with van der Waals surface area (Å²) in [6.45, 7) is 6.52. The number of aryl methyl sites for hydroxylation is 1. The number of rotatable bonds is 5. The largest absolute Gasteiger partial charge is 0.352 e. The van der Waals surface area contributed by atoms with Gasteiger partial charge in [0.15, 0.2) is 0 Å². The molecule has 0 aliphatic rings. The van der Waals surface area contributed by atoms with E-state index in [1.54, 1.807) is 36.4 Å². The van der Waals surface area contributed by atoms with Gasteiger partial charge in [0, 0.05) is 33.4 Å². The lowest BCUT2D eigenvalue weighted by Crippen LogP contribution is -2.27. The summed E-state index contributed by atoms with van der Waals surface area (Å²) in [6, 6.07) is 9.80. The zero-order valence-corrected chi connectivity index (χ0v) is 15.8. The van der Waals surface area contributed by atoms with Crippen LogP contribution in [0.1, 0.15) is 40.1 Å². The third-order valence-electron chi connectivity index (χ3n) is 3.53. The first-order chi connectivity index (χ1) is 11.8. The fourth-order valence-electron chi connectivity index (χ4n) is 2.22. The molecular formula is C19H20Cl2N2O2. The minimum Gasteiger partial charge on any atom is -0.352 e. The average Bonchev–Trinajstić information content (AvgIpc) is 2.53. The Morgan fingerprint density at radius 2 is 1.60 bits per heavy atom. The van der Waals surface area contributed by atoms with E-state index in [2.05, 4.69) is 10.6 Å². The monoisotopic (exact) mass is 378 g/mol. The Morgan fingerprint density at radius 3 is 2.16 bits per heavy atom. The third kappa shape index (κ3) is 5.48. The smallest absolute Gasteiger partial charge is 0.255 e. The summed E-state index contributed by atoms with van der Waals surface area (Å²) < 4.78 is 0. The van der Waals surface area contributed by atoms with Crippen molar-refractivity contribution in [2.45, 2.75) is 20.8 Å². The first-order valence-corrected chi connectivity index (χ1v) is 8.68. The van der Waals surface area contributed by atoms with Gasteiger partial charge in [0.05, 0.1) is 0 Å². The Bertz CT molecular complexity index is 784. The molecule has 6 heteroatoms. The van der Waals surface area contributed by atoms with Gasteiger partial charge in [-0.1, -0.05) is 37.0 Å². The normalized spacial score (nSPS) is 10.6. The highest BCUT2D eigenvalue weighted by Crippen LogP contribution is 2.22. The Hall–Kier alpha value is -2.04. The molecule has 132 valence electrons. The molecule has 2 aromatic rings. The molecule has 2 amide bonds. The topological polar surface area (TPSA) is 58.2 Å². The molecule has 0 bridgehead atoms. The van der Waals surface area contributed by atoms with Crippen molar-refractivity contribution in [2.24, 2.45) is 5.92 Å². The summed E-state index contributed by atoms with van der Waals surface area (Å²) in [5.41, 5.74) is 2.35. The van der Waals surface area contributed by atoms with Gasteiger partial charge < -0.3 is 10.6 Å². The first kappa shape index (κ1) is 19.3. The molecule has 0 saturated heterocycles. The maximum Gasteiger partial charge on any atom is 0.255 e. The number of halogens is 2. The summed E-state index contributed by atoms with van der Waals surface area (Å²) in [5.74, 6) is -0.0612. The van der Waals surface area contributed by atoms with Crippen LogP contribution in [0.25, 0.3) is 0 Å². The molecule has 0 radical (unpaired) electrons. The zero-order chi connectivity index (χ0) is 18.6. The number of carbonyl (C=O) groups is 2. The van der Waals surface area contributed by atoms with Crippen LogP contribution in [-0.2, 0) is 0 Å². The van der Waals surface area contributed by atoms with Gasteiger partial charge in [0.2, 0.25) is 0 Å². The number of hydrogen-bond acceptors (Lipinski definition) is 2. The fourth-order valence-corrected chi connectivity index (χ4v) is 2.75. The van der Waals surface area contributed by atoms with E-state index in [-0.39, 0.29) is 11.8 Å². The number of anilines is 1. The van der Waals surface area contributed by atoms with Gasteiger partial charge in [0.25, 0.3) is 11.8 Å². The highest BCUT2D eigenvalue weighted by molar-refractivity contribution is 6.35. The Balaban J connectivity index is 2.12. The Labute approximate surface area is 157 Å². The van der Waals surface area contributed by atoms with Crippen molar-refractivity contribution in [3.8, 4) is 0 Å². The molecule has 0 fully saturated rings. The second kappa shape index (κ2) is 8.37. The molecule has 0 atom stereocenters. The Kier molecular flexibility index (Phi) is 6.45. The minimum absolute atomic E-state index is 0.128. The van der Waals surface area contributed by atoms with Gasteiger partial charge in [-0.15, -0.1) is 0 Å². The van der Waals surface area contributed by atoms with Gasteiger partial charge in [-0.05, 0) is 54.8 Å². The van der Waals surface area contributed by atoms with Crippen LogP contribution in [0.3, 0.4) is 0 Å². The second-order valence-corrected chi connectivity index (χ2v) is 7.12. The van der Waals surface area contributed by atoms with E-state index in [0.717, 1.165) is 5.56 Å². The number of benzene rings is 2. The lowest BCUT2D eigenvalue weighted by Gasteiger charge is -2.12. The van der Waals surface area contributed by atoms with Crippen LogP contribution in [-0.4, -0.2) is 18.4 Å². The maximum absolute atomic E-state index is 12.4. The van der Waals surface area contributed by atoms with Crippen LogP contribution in [0, 0.1) is 12.8 Å². The van der Waals surface area contributed by atoms with Gasteiger partial charge in [-0.25, -0.2) is 0 Å². The summed E-state index contributed by atoms with van der Waals surface area (Å²) in [7, 11) is 0. The molecule has 0 spiro atoms. The molecule has 2 aromatic carbocycles. The lowest BCUT2D eigenvalue weighted by molar-refractivity contribution is 0.0948. The van der Waals surface area contributed by atoms with Crippen molar-refractivity contribution in [1.29, 1.82) is 0 Å². The number of carbonyl (C=O) groups excluding carboxylic acids is 2.